The van der Waals surface area contributed by atoms with E-state index in [1.165, 1.54) is 7.11 Å². The number of rotatable bonds is 0. The van der Waals surface area contributed by atoms with Crippen molar-refractivity contribution in [2.75, 3.05) is 7.11 Å². The molecule has 0 radical (unpaired) electrons. The third-order valence-electron chi connectivity index (χ3n) is 0.814. The number of hydrogen-bond donors (Lipinski definition) is 0. The van der Waals surface area contributed by atoms with E-state index in [2.05, 4.69) is 61.0 Å². The van der Waals surface area contributed by atoms with Gasteiger partial charge in [0.25, 0.3) is 0 Å². The van der Waals surface area contributed by atoms with Gasteiger partial charge in [-0.25, -0.2) is 12.2 Å². The van der Waals surface area contributed by atoms with Gasteiger partial charge < -0.3 is 4.74 Å². The average Bonchev–Trinajstić information content (AvgIpc) is 2.62. The summed E-state index contributed by atoms with van der Waals surface area (Å²) in [5.74, 6) is -0.495. The number of carbonyl (C=O) groups excluding carboxylic acids is 1. The first-order valence-electron chi connectivity index (χ1n) is 3.17. The van der Waals surface area contributed by atoms with E-state index in [4.69, 9.17) is 0 Å². The second-order valence-corrected chi connectivity index (χ2v) is 17.9. The van der Waals surface area contributed by atoms with Crippen LogP contribution in [-0.2, 0) is 31.2 Å². The van der Waals surface area contributed by atoms with Gasteiger partial charge in [0.1, 0.15) is 0 Å². The van der Waals surface area contributed by atoms with Crippen molar-refractivity contribution in [2.45, 2.75) is 6.42 Å². The molecule has 0 fully saturated rings. The van der Waals surface area contributed by atoms with Gasteiger partial charge in [0.2, 0.25) is 0 Å². The van der Waals surface area contributed by atoms with Gasteiger partial charge in [-0.05, 0) is 0 Å². The first kappa shape index (κ1) is 21.1. The standard InChI is InChI=1S/C5H5.C3H5O2.I3.Ti/c1-2-4-5-3-1;1-3(4)5-2;1-3-2;/h1-3H,4H2;1H2,2H3;;/q3*-1;+2. The summed E-state index contributed by atoms with van der Waals surface area (Å²) in [6.45, 7) is 2.90. The van der Waals surface area contributed by atoms with E-state index in [0.29, 0.717) is 13.3 Å². The van der Waals surface area contributed by atoms with Crippen molar-refractivity contribution in [2.24, 2.45) is 0 Å². The molecular weight excluding hydrogens is 557 g/mol. The molecule has 0 aliphatic heterocycles. The summed E-state index contributed by atoms with van der Waals surface area (Å²) in [7, 11) is 1.29. The van der Waals surface area contributed by atoms with Gasteiger partial charge in [0.05, 0.1) is 7.11 Å². The van der Waals surface area contributed by atoms with Gasteiger partial charge in [-0.1, -0.05) is 0 Å². The Morgan fingerprint density at radius 1 is 1.64 bits per heavy atom. The molecule has 0 spiro atoms. The van der Waals surface area contributed by atoms with Crippen LogP contribution in [0.4, 0.5) is 0 Å². The van der Waals surface area contributed by atoms with Crippen molar-refractivity contribution >= 4 is 43.2 Å². The smallest absolute Gasteiger partial charge is 0.492 e. The average molecular weight is 567 g/mol. The van der Waals surface area contributed by atoms with Gasteiger partial charge in [0.15, 0.2) is 5.97 Å². The minimum Gasteiger partial charge on any atom is -0.492 e. The Balaban J connectivity index is -0.000000130. The molecular formula is C8H10I3O2Ti-. The molecule has 14 heavy (non-hydrogen) atoms. The zero-order valence-electron chi connectivity index (χ0n) is 7.60. The van der Waals surface area contributed by atoms with Gasteiger partial charge in [0, 0.05) is 0 Å². The molecule has 0 saturated heterocycles. The molecule has 1 aliphatic carbocycles. The predicted octanol–water partition coefficient (Wildman–Crippen LogP) is 0.0721. The van der Waals surface area contributed by atoms with Crippen LogP contribution in [0, 0.1) is 13.0 Å². The second-order valence-electron chi connectivity index (χ2n) is 1.63. The predicted molar refractivity (Wildman–Crippen MR) is 67.0 cm³/mol. The summed E-state index contributed by atoms with van der Waals surface area (Å²) >= 11 is 5.30. The van der Waals surface area contributed by atoms with Crippen LogP contribution < -0.4 is 13.3 Å². The van der Waals surface area contributed by atoms with Crippen LogP contribution >= 0.6 is 37.2 Å². The van der Waals surface area contributed by atoms with Crippen LogP contribution in [0.2, 0.25) is 0 Å². The van der Waals surface area contributed by atoms with Crippen molar-refractivity contribution < 1.29 is 44.5 Å². The van der Waals surface area contributed by atoms with Crippen LogP contribution in [0.1, 0.15) is 6.42 Å². The summed E-state index contributed by atoms with van der Waals surface area (Å²) in [6, 6.07) is 0. The topological polar surface area (TPSA) is 26.3 Å². The number of esters is 1. The molecule has 0 heterocycles. The Hall–Kier alpha value is 1.72. The zero-order valence-corrected chi connectivity index (χ0v) is 15.6. The normalized spacial score (nSPS) is 10.2. The molecule has 0 aromatic carbocycles. The molecule has 2 nitrogen and oxygen atoms in total. The SMILES string of the molecule is I[I-]I.[C-]1=CC=CC1.[CH2-]C(=O)OC.[Ti+2]. The van der Waals surface area contributed by atoms with E-state index in [0.717, 1.165) is 6.42 Å². The van der Waals surface area contributed by atoms with E-state index < -0.39 is 5.97 Å². The van der Waals surface area contributed by atoms with E-state index in [1.54, 1.807) is 0 Å². The maximum atomic E-state index is 9.48. The molecule has 80 valence electrons. The molecule has 6 heteroatoms. The van der Waals surface area contributed by atoms with Crippen LogP contribution in [0.5, 0.6) is 0 Å². The van der Waals surface area contributed by atoms with Crippen molar-refractivity contribution in [3.63, 3.8) is 0 Å². The quantitative estimate of drug-likeness (QED) is 0.180. The molecule has 0 bridgehead atoms. The summed E-state index contributed by atoms with van der Waals surface area (Å²) in [4.78, 5) is 9.48. The van der Waals surface area contributed by atoms with Gasteiger partial charge in [-0.15, -0.1) is 6.42 Å². The van der Waals surface area contributed by atoms with Crippen molar-refractivity contribution in [3.05, 3.63) is 31.2 Å². The van der Waals surface area contributed by atoms with Crippen LogP contribution in [-0.4, -0.2) is 13.1 Å². The summed E-state index contributed by atoms with van der Waals surface area (Å²) < 4.78 is 4.00. The Bertz CT molecular complexity index is 162. The molecule has 0 unspecified atom stereocenters. The van der Waals surface area contributed by atoms with Crippen molar-refractivity contribution in [1.29, 1.82) is 0 Å². The Kier molecular flexibility index (Phi) is 30.3. The minimum atomic E-state index is -0.495. The minimum absolute atomic E-state index is 0. The second kappa shape index (κ2) is 20.2. The number of carbonyl (C=O) groups is 1. The van der Waals surface area contributed by atoms with E-state index in [9.17, 15) is 4.79 Å². The Morgan fingerprint density at radius 3 is 2.14 bits per heavy atom. The molecule has 0 saturated carbocycles. The zero-order chi connectivity index (χ0) is 10.5. The third-order valence-corrected chi connectivity index (χ3v) is 0.814. The van der Waals surface area contributed by atoms with Gasteiger partial charge >= 0.3 is 72.2 Å². The molecule has 0 amide bonds. The molecule has 1 rings (SSSR count). The van der Waals surface area contributed by atoms with Crippen LogP contribution in [0.25, 0.3) is 0 Å². The molecule has 0 atom stereocenters. The largest absolute Gasteiger partial charge is 2.00 e. The first-order valence-corrected chi connectivity index (χ1v) is 15.7. The fourth-order valence-electron chi connectivity index (χ4n) is 0.340. The van der Waals surface area contributed by atoms with E-state index in [1.807, 2.05) is 12.2 Å². The van der Waals surface area contributed by atoms with E-state index in [-0.39, 0.29) is 21.7 Å². The van der Waals surface area contributed by atoms with Gasteiger partial charge in [-0.3, -0.25) is 17.8 Å². The maximum Gasteiger partial charge on any atom is 2.00 e. The molecule has 0 aromatic heterocycles. The fraction of sp³-hybridized carbons (Fsp3) is 0.250. The summed E-state index contributed by atoms with van der Waals surface area (Å²) in [6.07, 6.45) is 10.0. The number of hydrogen-bond acceptors (Lipinski definition) is 2. The molecule has 1 aliphatic rings. The van der Waals surface area contributed by atoms with Crippen LogP contribution in [0.3, 0.4) is 0 Å². The Labute approximate surface area is 130 Å². The number of methoxy groups -OCH3 is 1. The fourth-order valence-corrected chi connectivity index (χ4v) is 0.340. The number of ether oxygens (including phenoxy) is 1. The summed E-state index contributed by atoms with van der Waals surface area (Å²) in [5, 5.41) is 0. The maximum absolute atomic E-state index is 9.48. The third kappa shape index (κ3) is 29.2. The Morgan fingerprint density at radius 2 is 2.07 bits per heavy atom. The number of allylic oxidation sites excluding steroid dienone is 4. The monoisotopic (exact) mass is 567 g/mol. The first-order chi connectivity index (χ1) is 6.18. The summed E-state index contributed by atoms with van der Waals surface area (Å²) in [5.41, 5.74) is 0. The van der Waals surface area contributed by atoms with Gasteiger partial charge in [-0.2, -0.15) is 6.08 Å². The van der Waals surface area contributed by atoms with E-state index >= 15 is 0 Å². The van der Waals surface area contributed by atoms with Crippen LogP contribution in [0.15, 0.2) is 18.2 Å². The number of halogens is 3. The van der Waals surface area contributed by atoms with Crippen molar-refractivity contribution in [3.8, 4) is 0 Å². The molecule has 0 N–H and O–H groups in total. The van der Waals surface area contributed by atoms with Crippen molar-refractivity contribution in [1.82, 2.24) is 0 Å². The molecule has 0 aromatic rings.